The van der Waals surface area contributed by atoms with Crippen LogP contribution in [0.4, 0.5) is 5.69 Å². The number of nitrogens with one attached hydrogen (secondary N) is 1. The van der Waals surface area contributed by atoms with Gasteiger partial charge in [-0.15, -0.1) is 0 Å². The zero-order valence-corrected chi connectivity index (χ0v) is 17.1. The first kappa shape index (κ1) is 18.4. The molecular formula is C26H27NO. The van der Waals surface area contributed by atoms with Crippen LogP contribution in [0.3, 0.4) is 0 Å². The molecule has 2 heteroatoms. The van der Waals surface area contributed by atoms with Crippen molar-refractivity contribution < 1.29 is 4.42 Å². The smallest absolute Gasteiger partial charge is 0.138 e. The molecule has 28 heavy (non-hydrogen) atoms. The normalized spacial score (nSPS) is 11.1. The molecule has 142 valence electrons. The number of rotatable bonds is 5. The number of hydrogen-bond acceptors (Lipinski definition) is 2. The lowest BCUT2D eigenvalue weighted by Crippen LogP contribution is -2.04. The molecule has 0 aliphatic carbocycles. The second kappa shape index (κ2) is 7.55. The van der Waals surface area contributed by atoms with Gasteiger partial charge in [0.25, 0.3) is 0 Å². The maximum Gasteiger partial charge on any atom is 0.138 e. The number of anilines is 1. The Morgan fingerprint density at radius 2 is 1.50 bits per heavy atom. The van der Waals surface area contributed by atoms with Crippen LogP contribution in [0.2, 0.25) is 0 Å². The minimum absolute atomic E-state index is 0.811. The third kappa shape index (κ3) is 3.20. The summed E-state index contributed by atoms with van der Waals surface area (Å²) in [5, 5.41) is 4.89. The molecule has 4 rings (SSSR count). The monoisotopic (exact) mass is 369 g/mol. The molecule has 1 aromatic heterocycles. The van der Waals surface area contributed by atoms with E-state index in [1.165, 1.54) is 50.0 Å². The first-order valence-electron chi connectivity index (χ1n) is 9.98. The molecule has 0 unspecified atom stereocenters. The Kier molecular flexibility index (Phi) is 4.95. The molecule has 4 aromatic rings. The van der Waals surface area contributed by atoms with E-state index in [0.717, 1.165) is 18.5 Å². The predicted molar refractivity (Wildman–Crippen MR) is 119 cm³/mol. The van der Waals surface area contributed by atoms with Gasteiger partial charge < -0.3 is 9.73 Å². The number of hydrogen-bond donors (Lipinski definition) is 1. The van der Waals surface area contributed by atoms with Gasteiger partial charge in [0.15, 0.2) is 0 Å². The van der Waals surface area contributed by atoms with E-state index in [-0.39, 0.29) is 0 Å². The lowest BCUT2D eigenvalue weighted by atomic mass is 9.94. The van der Waals surface area contributed by atoms with E-state index >= 15 is 0 Å². The lowest BCUT2D eigenvalue weighted by molar-refractivity contribution is 0.614. The van der Waals surface area contributed by atoms with Gasteiger partial charge in [-0.05, 0) is 60.6 Å². The van der Waals surface area contributed by atoms with Crippen molar-refractivity contribution in [1.29, 1.82) is 0 Å². The van der Waals surface area contributed by atoms with E-state index in [4.69, 9.17) is 4.42 Å². The van der Waals surface area contributed by atoms with Gasteiger partial charge in [-0.3, -0.25) is 0 Å². The topological polar surface area (TPSA) is 25.2 Å². The summed E-state index contributed by atoms with van der Waals surface area (Å²) < 4.78 is 6.04. The molecule has 3 aromatic carbocycles. The third-order valence-corrected chi connectivity index (χ3v) is 5.80. The summed E-state index contributed by atoms with van der Waals surface area (Å²) in [6.07, 6.45) is 2.96. The van der Waals surface area contributed by atoms with Crippen molar-refractivity contribution in [1.82, 2.24) is 0 Å². The highest BCUT2D eigenvalue weighted by atomic mass is 16.3. The molecule has 0 radical (unpaired) electrons. The molecule has 0 atom stereocenters. The van der Waals surface area contributed by atoms with Gasteiger partial charge in [0.2, 0.25) is 0 Å². The average molecular weight is 370 g/mol. The van der Waals surface area contributed by atoms with Gasteiger partial charge in [-0.25, -0.2) is 0 Å². The van der Waals surface area contributed by atoms with E-state index < -0.39 is 0 Å². The predicted octanol–water partition coefficient (Wildman–Crippen LogP) is 7.20. The largest absolute Gasteiger partial charge is 0.463 e. The maximum absolute atomic E-state index is 6.04. The molecule has 0 saturated heterocycles. The van der Waals surface area contributed by atoms with Gasteiger partial charge in [0.1, 0.15) is 5.58 Å². The Morgan fingerprint density at radius 3 is 2.18 bits per heavy atom. The average Bonchev–Trinajstić information content (AvgIpc) is 3.18. The van der Waals surface area contributed by atoms with Crippen LogP contribution in [0, 0.1) is 20.8 Å². The summed E-state index contributed by atoms with van der Waals surface area (Å²) in [6.45, 7) is 9.52. The van der Waals surface area contributed by atoms with Crippen LogP contribution in [-0.4, -0.2) is 0 Å². The van der Waals surface area contributed by atoms with Gasteiger partial charge in [0.05, 0.1) is 6.26 Å². The zero-order valence-electron chi connectivity index (χ0n) is 17.1. The van der Waals surface area contributed by atoms with Crippen LogP contribution in [0.25, 0.3) is 22.1 Å². The summed E-state index contributed by atoms with van der Waals surface area (Å²) in [4.78, 5) is 0. The van der Waals surface area contributed by atoms with Gasteiger partial charge in [0, 0.05) is 23.2 Å². The molecule has 1 heterocycles. The fourth-order valence-corrected chi connectivity index (χ4v) is 3.95. The summed E-state index contributed by atoms with van der Waals surface area (Å²) in [6, 6.07) is 19.3. The maximum atomic E-state index is 6.04. The number of fused-ring (bicyclic) bond motifs is 1. The van der Waals surface area contributed by atoms with E-state index in [0.29, 0.717) is 0 Å². The van der Waals surface area contributed by atoms with Crippen LogP contribution >= 0.6 is 0 Å². The zero-order chi connectivity index (χ0) is 19.7. The van der Waals surface area contributed by atoms with E-state index in [9.17, 15) is 0 Å². The lowest BCUT2D eigenvalue weighted by Gasteiger charge is -2.17. The highest BCUT2D eigenvalue weighted by Crippen LogP contribution is 2.40. The Bertz CT molecular complexity index is 1110. The quantitative estimate of drug-likeness (QED) is 0.402. The fraction of sp³-hybridized carbons (Fsp3) is 0.231. The van der Waals surface area contributed by atoms with Crippen molar-refractivity contribution in [2.45, 2.75) is 40.7 Å². The minimum Gasteiger partial charge on any atom is -0.463 e. The third-order valence-electron chi connectivity index (χ3n) is 5.80. The molecule has 0 spiro atoms. The second-order valence-electron chi connectivity index (χ2n) is 7.49. The molecule has 0 fully saturated rings. The molecule has 0 bridgehead atoms. The van der Waals surface area contributed by atoms with Crippen molar-refractivity contribution in [3.05, 3.63) is 88.7 Å². The first-order valence-corrected chi connectivity index (χ1v) is 9.98. The van der Waals surface area contributed by atoms with Crippen LogP contribution < -0.4 is 5.32 Å². The highest BCUT2D eigenvalue weighted by Gasteiger charge is 2.18. The SMILES string of the molecule is CCc1ccc(-c2coc3c(C)c(C)c(NCc4ccccc4)c(C)c23)cc1. The Hall–Kier alpha value is -3.00. The van der Waals surface area contributed by atoms with Gasteiger partial charge >= 0.3 is 0 Å². The highest BCUT2D eigenvalue weighted by molar-refractivity contribution is 6.01. The van der Waals surface area contributed by atoms with Crippen molar-refractivity contribution in [2.75, 3.05) is 5.32 Å². The molecule has 1 N–H and O–H groups in total. The van der Waals surface area contributed by atoms with Crippen LogP contribution in [0.1, 0.15) is 34.7 Å². The summed E-state index contributed by atoms with van der Waals surface area (Å²) in [5.74, 6) is 0. The number of benzene rings is 3. The molecule has 0 aliphatic heterocycles. The standard InChI is InChI=1S/C26H27NO/c1-5-20-11-13-22(14-12-20)23-16-28-26-18(3)17(2)25(19(4)24(23)26)27-15-21-9-7-6-8-10-21/h6-14,16,27H,5,15H2,1-4H3. The van der Waals surface area contributed by atoms with Crippen molar-refractivity contribution >= 4 is 16.7 Å². The van der Waals surface area contributed by atoms with E-state index in [1.807, 2.05) is 6.26 Å². The number of furan rings is 1. The summed E-state index contributed by atoms with van der Waals surface area (Å²) in [5.41, 5.74) is 10.9. The van der Waals surface area contributed by atoms with Crippen LogP contribution in [0.5, 0.6) is 0 Å². The summed E-state index contributed by atoms with van der Waals surface area (Å²) >= 11 is 0. The van der Waals surface area contributed by atoms with Crippen molar-refractivity contribution in [3.63, 3.8) is 0 Å². The Balaban J connectivity index is 1.80. The van der Waals surface area contributed by atoms with Crippen molar-refractivity contribution in [3.8, 4) is 11.1 Å². The molecule has 0 saturated carbocycles. The van der Waals surface area contributed by atoms with Crippen LogP contribution in [0.15, 0.2) is 65.3 Å². The van der Waals surface area contributed by atoms with Gasteiger partial charge in [-0.2, -0.15) is 0 Å². The van der Waals surface area contributed by atoms with Crippen molar-refractivity contribution in [2.24, 2.45) is 0 Å². The fourth-order valence-electron chi connectivity index (χ4n) is 3.95. The minimum atomic E-state index is 0.811. The van der Waals surface area contributed by atoms with E-state index in [2.05, 4.69) is 87.6 Å². The first-order chi connectivity index (χ1) is 13.6. The Labute approximate surface area is 167 Å². The Morgan fingerprint density at radius 1 is 0.786 bits per heavy atom. The van der Waals surface area contributed by atoms with Gasteiger partial charge in [-0.1, -0.05) is 61.5 Å². The molecule has 2 nitrogen and oxygen atoms in total. The number of aryl methyl sites for hydroxylation is 3. The molecule has 0 aliphatic rings. The summed E-state index contributed by atoms with van der Waals surface area (Å²) in [7, 11) is 0. The second-order valence-corrected chi connectivity index (χ2v) is 7.49. The van der Waals surface area contributed by atoms with Crippen LogP contribution in [-0.2, 0) is 13.0 Å². The molecular weight excluding hydrogens is 342 g/mol. The molecule has 0 amide bonds. The van der Waals surface area contributed by atoms with E-state index in [1.54, 1.807) is 0 Å².